The second-order valence-corrected chi connectivity index (χ2v) is 7.46. The third-order valence-corrected chi connectivity index (χ3v) is 5.40. The smallest absolute Gasteiger partial charge is 0.233 e. The minimum absolute atomic E-state index is 0.0672. The van der Waals surface area contributed by atoms with E-state index in [9.17, 15) is 9.59 Å². The standard InChI is InChI=1S/C19H25N5O3S/c1-3-24-16(12-17(25)20-15-6-4-14(2)5-7-15)21-22-19(24)28-13-18(26)23-8-10-27-11-9-23/h4-7H,3,8-13H2,1-2H3,(H,20,25). The number of nitrogens with zero attached hydrogens (tertiary/aromatic N) is 4. The maximum absolute atomic E-state index is 12.3. The van der Waals surface area contributed by atoms with Crippen LogP contribution in [0.25, 0.3) is 0 Å². The summed E-state index contributed by atoms with van der Waals surface area (Å²) in [6, 6.07) is 7.64. The Morgan fingerprint density at radius 2 is 1.89 bits per heavy atom. The lowest BCUT2D eigenvalue weighted by Gasteiger charge is -2.26. The number of aromatic nitrogens is 3. The summed E-state index contributed by atoms with van der Waals surface area (Å²) in [5.41, 5.74) is 1.89. The number of benzene rings is 1. The number of hydrogen-bond acceptors (Lipinski definition) is 6. The summed E-state index contributed by atoms with van der Waals surface area (Å²) >= 11 is 1.35. The zero-order chi connectivity index (χ0) is 19.9. The molecule has 9 heteroatoms. The Morgan fingerprint density at radius 1 is 1.18 bits per heavy atom. The van der Waals surface area contributed by atoms with Gasteiger partial charge in [-0.1, -0.05) is 29.5 Å². The topological polar surface area (TPSA) is 89.3 Å². The molecule has 0 atom stereocenters. The van der Waals surface area contributed by atoms with Crippen molar-refractivity contribution in [2.24, 2.45) is 0 Å². The molecule has 1 N–H and O–H groups in total. The van der Waals surface area contributed by atoms with Crippen LogP contribution in [0.2, 0.25) is 0 Å². The van der Waals surface area contributed by atoms with Crippen molar-refractivity contribution in [2.75, 3.05) is 37.4 Å². The molecule has 0 spiro atoms. The lowest BCUT2D eigenvalue weighted by atomic mass is 10.2. The Balaban J connectivity index is 1.57. The van der Waals surface area contributed by atoms with E-state index < -0.39 is 0 Å². The van der Waals surface area contributed by atoms with Crippen LogP contribution in [0.15, 0.2) is 29.4 Å². The number of nitrogens with one attached hydrogen (secondary N) is 1. The molecule has 0 bridgehead atoms. The van der Waals surface area contributed by atoms with Gasteiger partial charge >= 0.3 is 0 Å². The zero-order valence-corrected chi connectivity index (χ0v) is 17.0. The summed E-state index contributed by atoms with van der Waals surface area (Å²) in [6.07, 6.45) is 0.132. The number of anilines is 1. The van der Waals surface area contributed by atoms with Crippen LogP contribution in [0.5, 0.6) is 0 Å². The van der Waals surface area contributed by atoms with Gasteiger partial charge in [-0.2, -0.15) is 0 Å². The van der Waals surface area contributed by atoms with Crippen molar-refractivity contribution in [3.63, 3.8) is 0 Å². The first-order valence-corrected chi connectivity index (χ1v) is 10.3. The normalized spacial score (nSPS) is 14.1. The molecular formula is C19H25N5O3S. The highest BCUT2D eigenvalue weighted by Crippen LogP contribution is 2.19. The van der Waals surface area contributed by atoms with Crippen LogP contribution >= 0.6 is 11.8 Å². The van der Waals surface area contributed by atoms with Gasteiger partial charge in [0.2, 0.25) is 11.8 Å². The van der Waals surface area contributed by atoms with Crippen LogP contribution in [0, 0.1) is 6.92 Å². The SMILES string of the molecule is CCn1c(CC(=O)Nc2ccc(C)cc2)nnc1SCC(=O)N1CCOCC1. The van der Waals surface area contributed by atoms with Gasteiger partial charge < -0.3 is 19.5 Å². The van der Waals surface area contributed by atoms with E-state index in [0.717, 1.165) is 11.3 Å². The van der Waals surface area contributed by atoms with Gasteiger partial charge in [0, 0.05) is 25.3 Å². The molecule has 2 amide bonds. The number of hydrogen-bond donors (Lipinski definition) is 1. The van der Waals surface area contributed by atoms with E-state index in [4.69, 9.17) is 4.74 Å². The van der Waals surface area contributed by atoms with Crippen molar-refractivity contribution in [1.82, 2.24) is 19.7 Å². The largest absolute Gasteiger partial charge is 0.378 e. The first-order valence-electron chi connectivity index (χ1n) is 9.33. The fourth-order valence-corrected chi connectivity index (χ4v) is 3.81. The van der Waals surface area contributed by atoms with Gasteiger partial charge in [-0.05, 0) is 26.0 Å². The highest BCUT2D eigenvalue weighted by Gasteiger charge is 2.20. The molecule has 0 radical (unpaired) electrons. The van der Waals surface area contributed by atoms with E-state index >= 15 is 0 Å². The van der Waals surface area contributed by atoms with Gasteiger partial charge in [0.1, 0.15) is 5.82 Å². The summed E-state index contributed by atoms with van der Waals surface area (Å²) in [5.74, 6) is 0.811. The Labute approximate surface area is 168 Å². The number of amides is 2. The Bertz CT molecular complexity index is 815. The second-order valence-electron chi connectivity index (χ2n) is 6.52. The molecule has 1 aliphatic rings. The van der Waals surface area contributed by atoms with Crippen molar-refractivity contribution in [2.45, 2.75) is 32.0 Å². The molecule has 3 rings (SSSR count). The number of thioether (sulfide) groups is 1. The number of ether oxygens (including phenoxy) is 1. The molecular weight excluding hydrogens is 378 g/mol. The summed E-state index contributed by atoms with van der Waals surface area (Å²) < 4.78 is 7.15. The number of rotatable bonds is 7. The van der Waals surface area contributed by atoms with Crippen molar-refractivity contribution in [3.8, 4) is 0 Å². The van der Waals surface area contributed by atoms with E-state index in [1.54, 1.807) is 4.90 Å². The predicted octanol–water partition coefficient (Wildman–Crippen LogP) is 1.74. The lowest BCUT2D eigenvalue weighted by molar-refractivity contribution is -0.132. The lowest BCUT2D eigenvalue weighted by Crippen LogP contribution is -2.41. The number of morpholine rings is 1. The highest BCUT2D eigenvalue weighted by molar-refractivity contribution is 7.99. The van der Waals surface area contributed by atoms with Crippen LogP contribution in [0.1, 0.15) is 18.3 Å². The summed E-state index contributed by atoms with van der Waals surface area (Å²) in [6.45, 7) is 7.03. The van der Waals surface area contributed by atoms with Crippen molar-refractivity contribution >= 4 is 29.3 Å². The van der Waals surface area contributed by atoms with E-state index in [1.807, 2.05) is 42.7 Å². The third-order valence-electron chi connectivity index (χ3n) is 4.45. The number of carbonyl (C=O) groups is 2. The molecule has 1 aliphatic heterocycles. The zero-order valence-electron chi connectivity index (χ0n) is 16.2. The quantitative estimate of drug-likeness (QED) is 0.709. The minimum Gasteiger partial charge on any atom is -0.378 e. The number of carbonyl (C=O) groups excluding carboxylic acids is 2. The molecule has 0 saturated carbocycles. The molecule has 0 aliphatic carbocycles. The average molecular weight is 404 g/mol. The van der Waals surface area contributed by atoms with E-state index in [2.05, 4.69) is 15.5 Å². The van der Waals surface area contributed by atoms with Crippen LogP contribution in [0.4, 0.5) is 5.69 Å². The van der Waals surface area contributed by atoms with Gasteiger partial charge in [-0.25, -0.2) is 0 Å². The van der Waals surface area contributed by atoms with Crippen molar-refractivity contribution in [1.29, 1.82) is 0 Å². The average Bonchev–Trinajstić information content (AvgIpc) is 3.09. The fourth-order valence-electron chi connectivity index (χ4n) is 2.89. The highest BCUT2D eigenvalue weighted by atomic mass is 32.2. The fraction of sp³-hybridized carbons (Fsp3) is 0.474. The molecule has 2 heterocycles. The van der Waals surface area contributed by atoms with Crippen LogP contribution in [-0.2, 0) is 27.3 Å². The molecule has 28 heavy (non-hydrogen) atoms. The van der Waals surface area contributed by atoms with E-state index in [0.29, 0.717) is 49.6 Å². The van der Waals surface area contributed by atoms with Crippen molar-refractivity contribution < 1.29 is 14.3 Å². The monoisotopic (exact) mass is 403 g/mol. The number of aryl methyl sites for hydroxylation is 1. The summed E-state index contributed by atoms with van der Waals surface area (Å²) in [7, 11) is 0. The molecule has 0 unspecified atom stereocenters. The van der Waals surface area contributed by atoms with Crippen LogP contribution in [-0.4, -0.2) is 63.5 Å². The molecule has 2 aromatic rings. The predicted molar refractivity (Wildman–Crippen MR) is 107 cm³/mol. The first-order chi connectivity index (χ1) is 13.6. The summed E-state index contributed by atoms with van der Waals surface area (Å²) in [4.78, 5) is 26.5. The molecule has 1 aromatic carbocycles. The molecule has 8 nitrogen and oxygen atoms in total. The first kappa shape index (κ1) is 20.3. The molecule has 150 valence electrons. The van der Waals surface area contributed by atoms with E-state index in [-0.39, 0.29) is 18.2 Å². The van der Waals surface area contributed by atoms with Gasteiger partial charge in [0.25, 0.3) is 0 Å². The Hall–Kier alpha value is -2.39. The van der Waals surface area contributed by atoms with Gasteiger partial charge in [0.05, 0.1) is 25.4 Å². The molecule has 1 saturated heterocycles. The van der Waals surface area contributed by atoms with Crippen LogP contribution in [0.3, 0.4) is 0 Å². The second kappa shape index (κ2) is 9.70. The van der Waals surface area contributed by atoms with Gasteiger partial charge in [0.15, 0.2) is 5.16 Å². The van der Waals surface area contributed by atoms with Crippen molar-refractivity contribution in [3.05, 3.63) is 35.7 Å². The van der Waals surface area contributed by atoms with Gasteiger partial charge in [-0.15, -0.1) is 10.2 Å². The third kappa shape index (κ3) is 5.32. The Kier molecular flexibility index (Phi) is 7.05. The Morgan fingerprint density at radius 3 is 2.57 bits per heavy atom. The van der Waals surface area contributed by atoms with E-state index in [1.165, 1.54) is 11.8 Å². The molecule has 1 fully saturated rings. The maximum atomic E-state index is 12.3. The summed E-state index contributed by atoms with van der Waals surface area (Å²) in [5, 5.41) is 11.9. The minimum atomic E-state index is -0.146. The molecule has 1 aromatic heterocycles. The van der Waals surface area contributed by atoms with Crippen LogP contribution < -0.4 is 5.32 Å². The maximum Gasteiger partial charge on any atom is 0.233 e. The van der Waals surface area contributed by atoms with Gasteiger partial charge in [-0.3, -0.25) is 9.59 Å².